The van der Waals surface area contributed by atoms with Crippen molar-refractivity contribution in [2.75, 3.05) is 13.2 Å². The van der Waals surface area contributed by atoms with Crippen molar-refractivity contribution in [2.24, 2.45) is 0 Å². The van der Waals surface area contributed by atoms with E-state index in [1.165, 1.54) is 0 Å². The fourth-order valence-corrected chi connectivity index (χ4v) is 2.58. The van der Waals surface area contributed by atoms with E-state index in [0.717, 1.165) is 5.56 Å². The van der Waals surface area contributed by atoms with Gasteiger partial charge in [0.05, 0.1) is 12.6 Å². The molecular formula is C13H14Cl3NO2. The lowest BCUT2D eigenvalue weighted by atomic mass is 10.0. The number of hydrogen-bond donors (Lipinski definition) is 0. The topological polar surface area (TPSA) is 29.5 Å². The average molecular weight is 323 g/mol. The van der Waals surface area contributed by atoms with Crippen molar-refractivity contribution in [1.29, 1.82) is 0 Å². The molecule has 0 aliphatic carbocycles. The van der Waals surface area contributed by atoms with Crippen LogP contribution in [0, 0.1) is 0 Å². The van der Waals surface area contributed by atoms with Crippen molar-refractivity contribution in [3.63, 3.8) is 0 Å². The zero-order chi connectivity index (χ0) is 14.0. The fourth-order valence-electron chi connectivity index (χ4n) is 2.25. The Hall–Kier alpha value is -0.480. The molecule has 0 bridgehead atoms. The van der Waals surface area contributed by atoms with Gasteiger partial charge in [-0.15, -0.1) is 0 Å². The van der Waals surface area contributed by atoms with Crippen LogP contribution in [0.2, 0.25) is 0 Å². The molecule has 2 rings (SSSR count). The molecule has 19 heavy (non-hydrogen) atoms. The summed E-state index contributed by atoms with van der Waals surface area (Å²) in [4.78, 5) is 13.6. The molecule has 0 aromatic heterocycles. The summed E-state index contributed by atoms with van der Waals surface area (Å²) in [6.45, 7) is 2.75. The standard InChI is InChI=1S/C13H14Cl3NO2/c1-9-11(10-5-3-2-4-6-10)19-8-7-17(9)12(18)13(14,15)16/h2-6,9,11H,7-8H2,1H3. The SMILES string of the molecule is CC1C(c2ccccc2)OCCN1C(=O)C(Cl)(Cl)Cl. The van der Waals surface area contributed by atoms with Gasteiger partial charge >= 0.3 is 0 Å². The number of benzene rings is 1. The van der Waals surface area contributed by atoms with E-state index in [0.29, 0.717) is 13.2 Å². The van der Waals surface area contributed by atoms with Gasteiger partial charge in [-0.1, -0.05) is 65.1 Å². The normalized spacial score (nSPS) is 24.3. The predicted molar refractivity (Wildman–Crippen MR) is 76.6 cm³/mol. The van der Waals surface area contributed by atoms with E-state index >= 15 is 0 Å². The van der Waals surface area contributed by atoms with Crippen molar-refractivity contribution in [2.45, 2.75) is 22.9 Å². The minimum Gasteiger partial charge on any atom is -0.370 e. The molecule has 1 saturated heterocycles. The second-order valence-corrected chi connectivity index (χ2v) is 6.72. The number of alkyl halides is 3. The minimum atomic E-state index is -1.92. The molecule has 1 aliphatic heterocycles. The van der Waals surface area contributed by atoms with Crippen LogP contribution in [-0.2, 0) is 9.53 Å². The third-order valence-electron chi connectivity index (χ3n) is 3.19. The van der Waals surface area contributed by atoms with Crippen LogP contribution in [0.4, 0.5) is 0 Å². The number of hydrogen-bond acceptors (Lipinski definition) is 2. The molecule has 0 spiro atoms. The molecule has 1 fully saturated rings. The number of carbonyl (C=O) groups is 1. The van der Waals surface area contributed by atoms with Gasteiger partial charge < -0.3 is 9.64 Å². The predicted octanol–water partition coefficient (Wildman–Crippen LogP) is 3.35. The third kappa shape index (κ3) is 3.34. The Labute approximate surface area is 127 Å². The molecule has 3 nitrogen and oxygen atoms in total. The number of rotatable bonds is 1. The monoisotopic (exact) mass is 321 g/mol. The van der Waals surface area contributed by atoms with Crippen molar-refractivity contribution < 1.29 is 9.53 Å². The van der Waals surface area contributed by atoms with Gasteiger partial charge in [0, 0.05) is 6.54 Å². The minimum absolute atomic E-state index is 0.181. The van der Waals surface area contributed by atoms with Gasteiger partial charge in [0.15, 0.2) is 0 Å². The highest BCUT2D eigenvalue weighted by Gasteiger charge is 2.41. The highest BCUT2D eigenvalue weighted by Crippen LogP contribution is 2.34. The number of halogens is 3. The molecule has 0 radical (unpaired) electrons. The molecule has 1 aliphatic rings. The van der Waals surface area contributed by atoms with E-state index in [4.69, 9.17) is 39.5 Å². The van der Waals surface area contributed by atoms with Crippen LogP contribution in [0.1, 0.15) is 18.6 Å². The van der Waals surface area contributed by atoms with Crippen LogP contribution >= 0.6 is 34.8 Å². The van der Waals surface area contributed by atoms with Crippen LogP contribution < -0.4 is 0 Å². The highest BCUT2D eigenvalue weighted by molar-refractivity contribution is 6.76. The van der Waals surface area contributed by atoms with Crippen molar-refractivity contribution in [3.05, 3.63) is 35.9 Å². The maximum atomic E-state index is 12.1. The largest absolute Gasteiger partial charge is 0.370 e. The van der Waals surface area contributed by atoms with Gasteiger partial charge in [0.1, 0.15) is 6.10 Å². The van der Waals surface area contributed by atoms with E-state index in [9.17, 15) is 4.79 Å². The summed E-state index contributed by atoms with van der Waals surface area (Å²) < 4.78 is 3.82. The fraction of sp³-hybridized carbons (Fsp3) is 0.462. The van der Waals surface area contributed by atoms with E-state index < -0.39 is 9.70 Å². The number of morpholine rings is 1. The molecule has 2 unspecified atom stereocenters. The van der Waals surface area contributed by atoms with E-state index in [2.05, 4.69) is 0 Å². The maximum absolute atomic E-state index is 12.1. The summed E-state index contributed by atoms with van der Waals surface area (Å²) in [5.74, 6) is -0.505. The first-order chi connectivity index (χ1) is 8.91. The smallest absolute Gasteiger partial charge is 0.275 e. The Morgan fingerprint density at radius 2 is 1.95 bits per heavy atom. The summed E-state index contributed by atoms with van der Waals surface area (Å²) in [5, 5.41) is 0. The average Bonchev–Trinajstić information content (AvgIpc) is 2.38. The number of carbonyl (C=O) groups excluding carboxylic acids is 1. The van der Waals surface area contributed by atoms with Crippen LogP contribution in [-0.4, -0.2) is 33.8 Å². The van der Waals surface area contributed by atoms with E-state index in [1.807, 2.05) is 37.3 Å². The quantitative estimate of drug-likeness (QED) is 0.742. The van der Waals surface area contributed by atoms with Crippen molar-refractivity contribution in [1.82, 2.24) is 4.90 Å². The molecule has 0 N–H and O–H groups in total. The van der Waals surface area contributed by atoms with Crippen LogP contribution in [0.5, 0.6) is 0 Å². The van der Waals surface area contributed by atoms with Crippen LogP contribution in [0.25, 0.3) is 0 Å². The lowest BCUT2D eigenvalue weighted by Gasteiger charge is -2.40. The molecule has 1 aromatic rings. The molecular weight excluding hydrogens is 309 g/mol. The summed E-state index contributed by atoms with van der Waals surface area (Å²) in [5.41, 5.74) is 1.01. The zero-order valence-electron chi connectivity index (χ0n) is 10.4. The summed E-state index contributed by atoms with van der Waals surface area (Å²) in [6, 6.07) is 9.54. The second-order valence-electron chi connectivity index (χ2n) is 4.44. The number of ether oxygens (including phenoxy) is 1. The Morgan fingerprint density at radius 3 is 2.53 bits per heavy atom. The number of nitrogens with zero attached hydrogens (tertiary/aromatic N) is 1. The Bertz CT molecular complexity index is 447. The Kier molecular flexibility index (Phi) is 4.62. The first kappa shape index (κ1) is 14.9. The van der Waals surface area contributed by atoms with Crippen LogP contribution in [0.3, 0.4) is 0 Å². The molecule has 1 heterocycles. The summed E-state index contributed by atoms with van der Waals surface area (Å²) in [6.07, 6.45) is -0.203. The van der Waals surface area contributed by atoms with Gasteiger partial charge in [-0.2, -0.15) is 0 Å². The lowest BCUT2D eigenvalue weighted by Crippen LogP contribution is -2.52. The van der Waals surface area contributed by atoms with E-state index in [-0.39, 0.29) is 12.1 Å². The lowest BCUT2D eigenvalue weighted by molar-refractivity contribution is -0.144. The maximum Gasteiger partial charge on any atom is 0.275 e. The van der Waals surface area contributed by atoms with Crippen molar-refractivity contribution >= 4 is 40.7 Å². The molecule has 6 heteroatoms. The van der Waals surface area contributed by atoms with Gasteiger partial charge in [-0.3, -0.25) is 4.79 Å². The van der Waals surface area contributed by atoms with Gasteiger partial charge in [0.25, 0.3) is 9.70 Å². The highest BCUT2D eigenvalue weighted by atomic mass is 35.6. The molecule has 1 aromatic carbocycles. The second kappa shape index (κ2) is 5.88. The Morgan fingerprint density at radius 1 is 1.32 bits per heavy atom. The number of amides is 1. The molecule has 0 saturated carbocycles. The van der Waals surface area contributed by atoms with Crippen molar-refractivity contribution in [3.8, 4) is 0 Å². The van der Waals surface area contributed by atoms with Crippen LogP contribution in [0.15, 0.2) is 30.3 Å². The third-order valence-corrected chi connectivity index (χ3v) is 3.68. The van der Waals surface area contributed by atoms with Gasteiger partial charge in [-0.05, 0) is 12.5 Å². The van der Waals surface area contributed by atoms with E-state index in [1.54, 1.807) is 4.90 Å². The van der Waals surface area contributed by atoms with Gasteiger partial charge in [-0.25, -0.2) is 0 Å². The summed E-state index contributed by atoms with van der Waals surface area (Å²) in [7, 11) is 0. The Balaban J connectivity index is 2.20. The molecule has 104 valence electrons. The first-order valence-corrected chi connectivity index (χ1v) is 7.09. The first-order valence-electron chi connectivity index (χ1n) is 5.95. The molecule has 1 amide bonds. The summed E-state index contributed by atoms with van der Waals surface area (Å²) >= 11 is 17.0. The molecule has 2 atom stereocenters. The zero-order valence-corrected chi connectivity index (χ0v) is 12.6. The van der Waals surface area contributed by atoms with Gasteiger partial charge in [0.2, 0.25) is 0 Å².